The molecule has 0 aromatic carbocycles. The monoisotopic (exact) mass is 313 g/mol. The fourth-order valence-electron chi connectivity index (χ4n) is 1.88. The average molecular weight is 314 g/mol. The van der Waals surface area contributed by atoms with Crippen LogP contribution in [-0.2, 0) is 0 Å². The van der Waals surface area contributed by atoms with E-state index >= 15 is 0 Å². The smallest absolute Gasteiger partial charge is 0.141 e. The second kappa shape index (κ2) is 6.97. The van der Waals surface area contributed by atoms with Gasteiger partial charge in [0.25, 0.3) is 0 Å². The molecule has 0 radical (unpaired) electrons. The van der Waals surface area contributed by atoms with E-state index in [-0.39, 0.29) is 6.04 Å². The van der Waals surface area contributed by atoms with Gasteiger partial charge < -0.3 is 5.32 Å². The second-order valence-corrected chi connectivity index (χ2v) is 5.19. The zero-order chi connectivity index (χ0) is 14.5. The first kappa shape index (κ1) is 15.2. The van der Waals surface area contributed by atoms with Crippen LogP contribution in [-0.4, -0.2) is 16.5 Å². The molecule has 6 heteroatoms. The van der Waals surface area contributed by atoms with Gasteiger partial charge in [0.05, 0.1) is 28.0 Å². The summed E-state index contributed by atoms with van der Waals surface area (Å²) in [6.45, 7) is 2.80. The minimum absolute atomic E-state index is 0.317. The average Bonchev–Trinajstić information content (AvgIpc) is 2.41. The molecule has 0 aliphatic heterocycles. The van der Waals surface area contributed by atoms with Gasteiger partial charge in [-0.3, -0.25) is 9.97 Å². The van der Waals surface area contributed by atoms with Crippen LogP contribution in [0.3, 0.4) is 0 Å². The van der Waals surface area contributed by atoms with Gasteiger partial charge in [-0.1, -0.05) is 30.1 Å². The third-order valence-corrected chi connectivity index (χ3v) is 3.28. The molecule has 0 saturated heterocycles. The fraction of sp³-hybridized carbons (Fsp3) is 0.286. The van der Waals surface area contributed by atoms with E-state index in [0.29, 0.717) is 21.3 Å². The third-order valence-electron chi connectivity index (χ3n) is 2.77. The van der Waals surface area contributed by atoms with Crippen LogP contribution in [0.25, 0.3) is 0 Å². The molecule has 0 saturated carbocycles. The fourth-order valence-corrected chi connectivity index (χ4v) is 2.37. The molecular formula is C14H14Cl2FN3. The summed E-state index contributed by atoms with van der Waals surface area (Å²) in [7, 11) is 0. The Morgan fingerprint density at radius 3 is 2.70 bits per heavy atom. The molecule has 0 aliphatic rings. The van der Waals surface area contributed by atoms with Crippen LogP contribution < -0.4 is 5.32 Å². The molecule has 2 aromatic rings. The largest absolute Gasteiger partial charge is 0.305 e. The lowest BCUT2D eigenvalue weighted by Gasteiger charge is -2.19. The summed E-state index contributed by atoms with van der Waals surface area (Å²) in [6, 6.07) is 2.73. The molecule has 1 unspecified atom stereocenters. The number of nitrogens with one attached hydrogen (secondary N) is 1. The maximum Gasteiger partial charge on any atom is 0.141 e. The zero-order valence-corrected chi connectivity index (χ0v) is 12.4. The van der Waals surface area contributed by atoms with E-state index in [9.17, 15) is 4.39 Å². The number of hydrogen-bond acceptors (Lipinski definition) is 3. The minimum atomic E-state index is -0.393. The highest BCUT2D eigenvalue weighted by molar-refractivity contribution is 6.34. The van der Waals surface area contributed by atoms with Crippen LogP contribution in [0.15, 0.2) is 30.7 Å². The van der Waals surface area contributed by atoms with Crippen LogP contribution in [0.4, 0.5) is 4.39 Å². The normalized spacial score (nSPS) is 12.4. The number of rotatable bonds is 5. The quantitative estimate of drug-likeness (QED) is 0.906. The van der Waals surface area contributed by atoms with Crippen molar-refractivity contribution in [2.24, 2.45) is 0 Å². The molecule has 2 heterocycles. The van der Waals surface area contributed by atoms with E-state index in [1.54, 1.807) is 12.3 Å². The molecule has 20 heavy (non-hydrogen) atoms. The van der Waals surface area contributed by atoms with Crippen molar-refractivity contribution in [2.75, 3.05) is 6.54 Å². The van der Waals surface area contributed by atoms with Gasteiger partial charge in [0.15, 0.2) is 0 Å². The van der Waals surface area contributed by atoms with Crippen molar-refractivity contribution in [3.05, 3.63) is 57.8 Å². The van der Waals surface area contributed by atoms with E-state index in [0.717, 1.165) is 19.2 Å². The summed E-state index contributed by atoms with van der Waals surface area (Å²) in [6.07, 6.45) is 5.22. The number of hydrogen-bond donors (Lipinski definition) is 1. The molecule has 3 nitrogen and oxygen atoms in total. The second-order valence-electron chi connectivity index (χ2n) is 4.34. The third kappa shape index (κ3) is 3.66. The van der Waals surface area contributed by atoms with E-state index in [4.69, 9.17) is 23.2 Å². The van der Waals surface area contributed by atoms with Gasteiger partial charge in [0.2, 0.25) is 0 Å². The first-order valence-corrected chi connectivity index (χ1v) is 7.02. The molecule has 0 fully saturated rings. The lowest BCUT2D eigenvalue weighted by Crippen LogP contribution is -2.24. The Kier molecular flexibility index (Phi) is 5.29. The van der Waals surface area contributed by atoms with E-state index in [2.05, 4.69) is 15.3 Å². The minimum Gasteiger partial charge on any atom is -0.305 e. The Labute approximate surface area is 127 Å². The Morgan fingerprint density at radius 1 is 1.25 bits per heavy atom. The van der Waals surface area contributed by atoms with Gasteiger partial charge in [-0.25, -0.2) is 4.39 Å². The van der Waals surface area contributed by atoms with Crippen molar-refractivity contribution in [3.63, 3.8) is 0 Å². The molecule has 0 aliphatic carbocycles. The van der Waals surface area contributed by atoms with Crippen molar-refractivity contribution in [2.45, 2.75) is 19.4 Å². The Hall–Kier alpha value is -1.23. The maximum absolute atomic E-state index is 13.4. The van der Waals surface area contributed by atoms with Gasteiger partial charge in [-0.15, -0.1) is 0 Å². The molecule has 0 amide bonds. The zero-order valence-electron chi connectivity index (χ0n) is 10.9. The van der Waals surface area contributed by atoms with E-state index in [1.807, 2.05) is 6.92 Å². The van der Waals surface area contributed by atoms with Crippen LogP contribution in [0.5, 0.6) is 0 Å². The number of halogens is 3. The highest BCUT2D eigenvalue weighted by atomic mass is 35.5. The van der Waals surface area contributed by atoms with Gasteiger partial charge in [0, 0.05) is 12.4 Å². The van der Waals surface area contributed by atoms with Crippen molar-refractivity contribution in [1.82, 2.24) is 15.3 Å². The van der Waals surface area contributed by atoms with Crippen molar-refractivity contribution < 1.29 is 4.39 Å². The van der Waals surface area contributed by atoms with Crippen molar-refractivity contribution >= 4 is 23.2 Å². The number of nitrogens with zero attached hydrogens (tertiary/aromatic N) is 2. The predicted octanol–water partition coefficient (Wildman–Crippen LogP) is 4.01. The number of pyridine rings is 2. The Bertz CT molecular complexity index is 592. The van der Waals surface area contributed by atoms with E-state index < -0.39 is 5.82 Å². The molecule has 0 spiro atoms. The first-order valence-electron chi connectivity index (χ1n) is 6.26. The highest BCUT2D eigenvalue weighted by Crippen LogP contribution is 2.28. The molecule has 2 rings (SSSR count). The SMILES string of the molecule is CCCNC(c1cncc(F)c1)c1ncc(Cl)cc1Cl. The Morgan fingerprint density at radius 2 is 2.05 bits per heavy atom. The lowest BCUT2D eigenvalue weighted by molar-refractivity contribution is 0.572. The first-order chi connectivity index (χ1) is 9.61. The summed E-state index contributed by atoms with van der Waals surface area (Å²) in [4.78, 5) is 8.13. The van der Waals surface area contributed by atoms with Crippen LogP contribution in [0, 0.1) is 5.82 Å². The summed E-state index contributed by atoms with van der Waals surface area (Å²) in [5.74, 6) is -0.393. The van der Waals surface area contributed by atoms with Crippen LogP contribution >= 0.6 is 23.2 Å². The highest BCUT2D eigenvalue weighted by Gasteiger charge is 2.19. The molecule has 0 bridgehead atoms. The predicted molar refractivity (Wildman–Crippen MR) is 78.6 cm³/mol. The summed E-state index contributed by atoms with van der Waals surface area (Å²) in [5, 5.41) is 4.20. The summed E-state index contributed by atoms with van der Waals surface area (Å²) < 4.78 is 13.4. The number of aromatic nitrogens is 2. The van der Waals surface area contributed by atoms with Gasteiger partial charge in [-0.05, 0) is 30.7 Å². The molecular weight excluding hydrogens is 300 g/mol. The molecule has 106 valence electrons. The van der Waals surface area contributed by atoms with Crippen molar-refractivity contribution in [1.29, 1.82) is 0 Å². The van der Waals surface area contributed by atoms with Gasteiger partial charge in [-0.2, -0.15) is 0 Å². The molecule has 1 N–H and O–H groups in total. The molecule has 1 atom stereocenters. The van der Waals surface area contributed by atoms with Gasteiger partial charge >= 0.3 is 0 Å². The van der Waals surface area contributed by atoms with Crippen LogP contribution in [0.1, 0.15) is 30.6 Å². The van der Waals surface area contributed by atoms with E-state index in [1.165, 1.54) is 12.3 Å². The standard InChI is InChI=1S/C14H14Cl2FN3/c1-2-3-19-13(9-4-11(17)8-18-6-9)14-12(16)5-10(15)7-20-14/h4-8,13,19H,2-3H2,1H3. The lowest BCUT2D eigenvalue weighted by atomic mass is 10.0. The molecule has 2 aromatic heterocycles. The maximum atomic E-state index is 13.4. The topological polar surface area (TPSA) is 37.8 Å². The van der Waals surface area contributed by atoms with Gasteiger partial charge in [0.1, 0.15) is 5.82 Å². The van der Waals surface area contributed by atoms with Crippen molar-refractivity contribution in [3.8, 4) is 0 Å². The summed E-state index contributed by atoms with van der Waals surface area (Å²) >= 11 is 12.0. The Balaban J connectivity index is 2.41. The summed E-state index contributed by atoms with van der Waals surface area (Å²) in [5.41, 5.74) is 1.28. The van der Waals surface area contributed by atoms with Crippen LogP contribution in [0.2, 0.25) is 10.0 Å².